The smallest absolute Gasteiger partial charge is 0.305 e. The van der Waals surface area contributed by atoms with Gasteiger partial charge in [0.25, 0.3) is 0 Å². The second-order valence-corrected chi connectivity index (χ2v) is 8.73. The first-order valence-electron chi connectivity index (χ1n) is 10.7. The van der Waals surface area contributed by atoms with E-state index >= 15 is 0 Å². The van der Waals surface area contributed by atoms with Crippen molar-refractivity contribution < 1.29 is 19.4 Å². The molecule has 0 radical (unpaired) electrons. The molecule has 3 atom stereocenters. The van der Waals surface area contributed by atoms with Crippen molar-refractivity contribution >= 4 is 11.8 Å². The SMILES string of the molecule is CCCCC(C)(C)C(O)CC[C@H]1CCC(=O)[C@H]1CC=CCCCC(=O)OC. The van der Waals surface area contributed by atoms with E-state index in [1.807, 2.05) is 0 Å². The highest BCUT2D eigenvalue weighted by Gasteiger charge is 2.35. The van der Waals surface area contributed by atoms with Gasteiger partial charge in [-0.2, -0.15) is 0 Å². The number of carbonyl (C=O) groups is 2. The molecule has 1 unspecified atom stereocenters. The summed E-state index contributed by atoms with van der Waals surface area (Å²) in [6.45, 7) is 6.49. The molecule has 0 saturated heterocycles. The fourth-order valence-electron chi connectivity index (χ4n) is 4.04. The van der Waals surface area contributed by atoms with E-state index < -0.39 is 0 Å². The van der Waals surface area contributed by atoms with E-state index in [0.717, 1.165) is 57.8 Å². The van der Waals surface area contributed by atoms with Crippen LogP contribution >= 0.6 is 0 Å². The molecule has 1 aliphatic rings. The molecule has 1 aliphatic carbocycles. The van der Waals surface area contributed by atoms with Crippen molar-refractivity contribution in [1.29, 1.82) is 0 Å². The van der Waals surface area contributed by atoms with Gasteiger partial charge in [0.05, 0.1) is 13.2 Å². The molecule has 0 aromatic heterocycles. The van der Waals surface area contributed by atoms with Gasteiger partial charge in [0, 0.05) is 18.8 Å². The molecular formula is C23H40O4. The molecule has 156 valence electrons. The third-order valence-electron chi connectivity index (χ3n) is 6.17. The summed E-state index contributed by atoms with van der Waals surface area (Å²) in [5.74, 6) is 0.704. The predicted octanol–water partition coefficient (Wildman–Crippen LogP) is 5.23. The van der Waals surface area contributed by atoms with Crippen molar-refractivity contribution in [3.63, 3.8) is 0 Å². The van der Waals surface area contributed by atoms with Crippen LogP contribution in [0.1, 0.15) is 91.4 Å². The topological polar surface area (TPSA) is 63.6 Å². The number of unbranched alkanes of at least 4 members (excludes halogenated alkanes) is 2. The van der Waals surface area contributed by atoms with E-state index in [0.29, 0.717) is 24.5 Å². The highest BCUT2D eigenvalue weighted by atomic mass is 16.5. The first kappa shape index (κ1) is 23.9. The zero-order chi connectivity index (χ0) is 20.3. The third kappa shape index (κ3) is 8.59. The molecule has 0 spiro atoms. The average Bonchev–Trinajstić information content (AvgIpc) is 3.00. The molecule has 0 aromatic carbocycles. The summed E-state index contributed by atoms with van der Waals surface area (Å²) in [5, 5.41) is 10.6. The van der Waals surface area contributed by atoms with E-state index in [-0.39, 0.29) is 23.4 Å². The molecule has 27 heavy (non-hydrogen) atoms. The fraction of sp³-hybridized carbons (Fsp3) is 0.826. The Morgan fingerprint density at radius 1 is 1.33 bits per heavy atom. The normalized spacial score (nSPS) is 21.7. The molecule has 4 nitrogen and oxygen atoms in total. The standard InChI is InChI=1S/C23H40O4/c1-5-6-17-23(2,3)21(25)16-14-18-13-15-20(24)19(18)11-9-7-8-10-12-22(26)27-4/h7,9,18-19,21,25H,5-6,8,10-17H2,1-4H3/t18-,19+,21?/m1/s1. The van der Waals surface area contributed by atoms with Crippen molar-refractivity contribution in [1.82, 2.24) is 0 Å². The van der Waals surface area contributed by atoms with Crippen LogP contribution in [-0.4, -0.2) is 30.1 Å². The molecule has 0 amide bonds. The Morgan fingerprint density at radius 2 is 2.07 bits per heavy atom. The molecule has 0 aromatic rings. The van der Waals surface area contributed by atoms with Gasteiger partial charge in [-0.05, 0) is 56.3 Å². The number of Topliss-reactive ketones (excluding diaryl/α,β-unsaturated/α-hetero) is 1. The molecule has 1 saturated carbocycles. The molecule has 4 heteroatoms. The van der Waals surface area contributed by atoms with Gasteiger partial charge >= 0.3 is 5.97 Å². The van der Waals surface area contributed by atoms with Crippen LogP contribution in [0.4, 0.5) is 0 Å². The van der Waals surface area contributed by atoms with E-state index in [2.05, 4.69) is 37.7 Å². The molecule has 1 rings (SSSR count). The van der Waals surface area contributed by atoms with Gasteiger partial charge in [-0.3, -0.25) is 9.59 Å². The minimum absolute atomic E-state index is 0.0480. The van der Waals surface area contributed by atoms with Crippen LogP contribution in [0.15, 0.2) is 12.2 Å². The fourth-order valence-corrected chi connectivity index (χ4v) is 4.04. The number of esters is 1. The summed E-state index contributed by atoms with van der Waals surface area (Å²) < 4.78 is 4.63. The Balaban J connectivity index is 2.40. The van der Waals surface area contributed by atoms with Crippen LogP contribution in [0, 0.1) is 17.3 Å². The van der Waals surface area contributed by atoms with E-state index in [1.165, 1.54) is 7.11 Å². The van der Waals surface area contributed by atoms with Gasteiger partial charge < -0.3 is 9.84 Å². The van der Waals surface area contributed by atoms with Gasteiger partial charge in [-0.15, -0.1) is 0 Å². The molecule has 0 bridgehead atoms. The first-order valence-corrected chi connectivity index (χ1v) is 10.7. The number of rotatable bonds is 13. The van der Waals surface area contributed by atoms with Crippen LogP contribution in [0.3, 0.4) is 0 Å². The number of allylic oxidation sites excluding steroid dienone is 2. The van der Waals surface area contributed by atoms with Gasteiger partial charge in [-0.1, -0.05) is 45.8 Å². The molecule has 0 aliphatic heterocycles. The predicted molar refractivity (Wildman–Crippen MR) is 109 cm³/mol. The Kier molecular flexibility index (Phi) is 10.9. The molecular weight excluding hydrogens is 340 g/mol. The van der Waals surface area contributed by atoms with E-state index in [1.54, 1.807) is 0 Å². The monoisotopic (exact) mass is 380 g/mol. The number of hydrogen-bond acceptors (Lipinski definition) is 4. The lowest BCUT2D eigenvalue weighted by atomic mass is 9.77. The Morgan fingerprint density at radius 3 is 2.74 bits per heavy atom. The minimum Gasteiger partial charge on any atom is -0.469 e. The van der Waals surface area contributed by atoms with Gasteiger partial charge in [0.15, 0.2) is 0 Å². The highest BCUT2D eigenvalue weighted by Crippen LogP contribution is 2.37. The maximum Gasteiger partial charge on any atom is 0.305 e. The molecule has 0 heterocycles. The zero-order valence-electron chi connectivity index (χ0n) is 17.8. The lowest BCUT2D eigenvalue weighted by Gasteiger charge is -2.31. The largest absolute Gasteiger partial charge is 0.469 e. The number of hydrogen-bond donors (Lipinski definition) is 1. The lowest BCUT2D eigenvalue weighted by Crippen LogP contribution is -2.30. The summed E-state index contributed by atoms with van der Waals surface area (Å²) in [6, 6.07) is 0. The van der Waals surface area contributed by atoms with Crippen molar-refractivity contribution in [2.24, 2.45) is 17.3 Å². The van der Waals surface area contributed by atoms with Gasteiger partial charge in [0.1, 0.15) is 5.78 Å². The number of methoxy groups -OCH3 is 1. The first-order chi connectivity index (χ1) is 12.8. The quantitative estimate of drug-likeness (QED) is 0.270. The maximum atomic E-state index is 12.3. The summed E-state index contributed by atoms with van der Waals surface area (Å²) in [6.07, 6.45) is 13.4. The number of aliphatic hydroxyl groups excluding tert-OH is 1. The van der Waals surface area contributed by atoms with Gasteiger partial charge in [0.2, 0.25) is 0 Å². The van der Waals surface area contributed by atoms with Crippen LogP contribution in [0.25, 0.3) is 0 Å². The summed E-state index contributed by atoms with van der Waals surface area (Å²) in [5.41, 5.74) is -0.0480. The second-order valence-electron chi connectivity index (χ2n) is 8.73. The molecule has 1 fully saturated rings. The maximum absolute atomic E-state index is 12.3. The highest BCUT2D eigenvalue weighted by molar-refractivity contribution is 5.83. The second kappa shape index (κ2) is 12.3. The van der Waals surface area contributed by atoms with Crippen molar-refractivity contribution in [3.05, 3.63) is 12.2 Å². The average molecular weight is 381 g/mol. The number of ketones is 1. The van der Waals surface area contributed by atoms with Crippen molar-refractivity contribution in [3.8, 4) is 0 Å². The van der Waals surface area contributed by atoms with Crippen LogP contribution in [0.5, 0.6) is 0 Å². The molecule has 1 N–H and O–H groups in total. The van der Waals surface area contributed by atoms with Gasteiger partial charge in [-0.25, -0.2) is 0 Å². The zero-order valence-corrected chi connectivity index (χ0v) is 17.8. The lowest BCUT2D eigenvalue weighted by molar-refractivity contribution is -0.140. The van der Waals surface area contributed by atoms with Crippen molar-refractivity contribution in [2.75, 3.05) is 7.11 Å². The van der Waals surface area contributed by atoms with Crippen LogP contribution in [-0.2, 0) is 14.3 Å². The Hall–Kier alpha value is -1.16. The van der Waals surface area contributed by atoms with Crippen molar-refractivity contribution in [2.45, 2.75) is 97.5 Å². The minimum atomic E-state index is -0.297. The number of ether oxygens (including phenoxy) is 1. The summed E-state index contributed by atoms with van der Waals surface area (Å²) in [7, 11) is 1.41. The van der Waals surface area contributed by atoms with E-state index in [4.69, 9.17) is 0 Å². The Labute approximate surface area is 165 Å². The van der Waals surface area contributed by atoms with E-state index in [9.17, 15) is 14.7 Å². The van der Waals surface area contributed by atoms with Crippen LogP contribution < -0.4 is 0 Å². The third-order valence-corrected chi connectivity index (χ3v) is 6.17. The van der Waals surface area contributed by atoms with Crippen LogP contribution in [0.2, 0.25) is 0 Å². The summed E-state index contributed by atoms with van der Waals surface area (Å²) >= 11 is 0. The Bertz CT molecular complexity index is 481. The summed E-state index contributed by atoms with van der Waals surface area (Å²) in [4.78, 5) is 23.3. The number of carbonyl (C=O) groups excluding carboxylic acids is 2. The number of aliphatic hydroxyl groups is 1.